The lowest BCUT2D eigenvalue weighted by molar-refractivity contribution is 0.0126. The minimum absolute atomic E-state index is 0.0313. The molecule has 0 heterocycles. The van der Waals surface area contributed by atoms with Crippen molar-refractivity contribution in [3.8, 4) is 0 Å². The second kappa shape index (κ2) is 3.95. The summed E-state index contributed by atoms with van der Waals surface area (Å²) in [5, 5.41) is 17.0. The van der Waals surface area contributed by atoms with Crippen LogP contribution in [0, 0.1) is 16.7 Å². The van der Waals surface area contributed by atoms with Gasteiger partial charge in [0.25, 0.3) is 0 Å². The Labute approximate surface area is 95.4 Å². The molecule has 2 aliphatic carbocycles. The summed E-state index contributed by atoms with van der Waals surface area (Å²) < 4.78 is 0. The number of rotatable bonds is 0. The lowest BCUT2D eigenvalue weighted by Crippen LogP contribution is -2.35. The number of carbonyl (C=O) groups is 1. The van der Waals surface area contributed by atoms with Crippen molar-refractivity contribution < 1.29 is 15.0 Å². The first-order valence-corrected chi connectivity index (χ1v) is 5.66. The Morgan fingerprint density at radius 1 is 1.40 bits per heavy atom. The van der Waals surface area contributed by atoms with Gasteiger partial charge < -0.3 is 10.2 Å². The van der Waals surface area contributed by atoms with Crippen LogP contribution in [0.5, 0.6) is 0 Å². The van der Waals surface area contributed by atoms with E-state index in [0.29, 0.717) is 5.41 Å². The molecule has 2 aliphatic rings. The number of hydrogen-bond donors (Lipinski definition) is 2. The summed E-state index contributed by atoms with van der Waals surface area (Å²) in [6.07, 6.45) is 3.58. The fraction of sp³-hybridized carbons (Fsp3) is 0.909. The van der Waals surface area contributed by atoms with Crippen molar-refractivity contribution in [1.29, 1.82) is 0 Å². The standard InChI is InChI=1S/C10H18O.CHClO2/c1-9(2)7-4-5-10(9,3)8(11)6-7;2-1(3)4/h7-8,11H,4-6H2,1-3H3;(H,3,4)/t7-,8+,10-;/m1./s1. The zero-order valence-corrected chi connectivity index (χ0v) is 10.2. The Morgan fingerprint density at radius 2 is 1.87 bits per heavy atom. The van der Waals surface area contributed by atoms with E-state index in [1.165, 1.54) is 12.8 Å². The van der Waals surface area contributed by atoms with E-state index < -0.39 is 5.43 Å². The number of hydrogen-bond acceptors (Lipinski definition) is 2. The third-order valence-electron chi connectivity index (χ3n) is 4.75. The van der Waals surface area contributed by atoms with Gasteiger partial charge in [0.1, 0.15) is 0 Å². The average molecular weight is 235 g/mol. The second-order valence-corrected chi connectivity index (χ2v) is 5.70. The van der Waals surface area contributed by atoms with E-state index in [0.717, 1.165) is 12.3 Å². The number of aliphatic hydroxyl groups is 1. The Bertz CT molecular complexity index is 261. The van der Waals surface area contributed by atoms with Gasteiger partial charge in [0, 0.05) is 11.6 Å². The van der Waals surface area contributed by atoms with Crippen LogP contribution in [0.1, 0.15) is 40.0 Å². The molecule has 0 aromatic rings. The SMILES string of the molecule is CC1(C)[C@@H]2CC[C@]1(C)[C@@H](O)C2.O=C(O)Cl. The van der Waals surface area contributed by atoms with Gasteiger partial charge in [-0.25, -0.2) is 4.79 Å². The molecule has 0 spiro atoms. The summed E-state index contributed by atoms with van der Waals surface area (Å²) in [6.45, 7) is 6.90. The summed E-state index contributed by atoms with van der Waals surface area (Å²) in [7, 11) is 0. The second-order valence-electron chi connectivity index (χ2n) is 5.38. The van der Waals surface area contributed by atoms with Gasteiger partial charge in [0.05, 0.1) is 6.10 Å². The van der Waals surface area contributed by atoms with E-state index in [2.05, 4.69) is 32.4 Å². The normalized spacial score (nSPS) is 40.9. The lowest BCUT2D eigenvalue weighted by atomic mass is 9.70. The molecule has 3 nitrogen and oxygen atoms in total. The maximum atomic E-state index is 9.81. The molecule has 2 N–H and O–H groups in total. The van der Waals surface area contributed by atoms with Gasteiger partial charge in [0.2, 0.25) is 0 Å². The molecule has 4 heteroatoms. The largest absolute Gasteiger partial charge is 0.469 e. The number of fused-ring (bicyclic) bond motifs is 2. The van der Waals surface area contributed by atoms with E-state index in [1.54, 1.807) is 0 Å². The monoisotopic (exact) mass is 234 g/mol. The van der Waals surface area contributed by atoms with Crippen LogP contribution in [0.25, 0.3) is 0 Å². The summed E-state index contributed by atoms with van der Waals surface area (Å²) in [4.78, 5) is 8.77. The average Bonchev–Trinajstić information content (AvgIpc) is 2.36. The van der Waals surface area contributed by atoms with Crippen LogP contribution in [0.3, 0.4) is 0 Å². The van der Waals surface area contributed by atoms with Crippen LogP contribution in [0.2, 0.25) is 0 Å². The molecule has 2 saturated carbocycles. The molecule has 2 bridgehead atoms. The van der Waals surface area contributed by atoms with Crippen LogP contribution in [-0.4, -0.2) is 21.7 Å². The molecule has 0 unspecified atom stereocenters. The molecule has 0 amide bonds. The molecule has 0 radical (unpaired) electrons. The van der Waals surface area contributed by atoms with E-state index in [-0.39, 0.29) is 11.5 Å². The topological polar surface area (TPSA) is 57.5 Å². The number of carboxylic acid groups (broad SMARTS) is 1. The van der Waals surface area contributed by atoms with Gasteiger partial charge >= 0.3 is 5.43 Å². The minimum atomic E-state index is -1.36. The van der Waals surface area contributed by atoms with Crippen molar-refractivity contribution in [3.63, 3.8) is 0 Å². The third-order valence-corrected chi connectivity index (χ3v) is 4.75. The highest BCUT2D eigenvalue weighted by Gasteiger charge is 2.60. The predicted molar refractivity (Wildman–Crippen MR) is 59.1 cm³/mol. The number of aliphatic hydroxyl groups excluding tert-OH is 1. The van der Waals surface area contributed by atoms with Gasteiger partial charge in [-0.2, -0.15) is 0 Å². The Kier molecular flexibility index (Phi) is 3.36. The van der Waals surface area contributed by atoms with Gasteiger partial charge in [-0.15, -0.1) is 0 Å². The van der Waals surface area contributed by atoms with Crippen LogP contribution in [-0.2, 0) is 0 Å². The van der Waals surface area contributed by atoms with Crippen LogP contribution in [0.15, 0.2) is 0 Å². The molecule has 88 valence electrons. The Morgan fingerprint density at radius 3 is 2.00 bits per heavy atom. The van der Waals surface area contributed by atoms with Crippen molar-refractivity contribution in [2.45, 2.75) is 46.1 Å². The number of halogens is 1. The molecule has 3 atom stereocenters. The van der Waals surface area contributed by atoms with E-state index in [4.69, 9.17) is 9.90 Å². The highest BCUT2D eigenvalue weighted by Crippen LogP contribution is 2.65. The molecule has 2 rings (SSSR count). The zero-order chi connectivity index (χ0) is 11.9. The summed E-state index contributed by atoms with van der Waals surface area (Å²) in [6, 6.07) is 0. The molecule has 0 aromatic carbocycles. The third kappa shape index (κ3) is 2.00. The molecular weight excluding hydrogens is 216 g/mol. The van der Waals surface area contributed by atoms with Crippen molar-refractivity contribution in [2.24, 2.45) is 16.7 Å². The quantitative estimate of drug-likeness (QED) is 0.634. The van der Waals surface area contributed by atoms with Crippen molar-refractivity contribution in [3.05, 3.63) is 0 Å². The van der Waals surface area contributed by atoms with Gasteiger partial charge in [-0.05, 0) is 36.0 Å². The fourth-order valence-electron chi connectivity index (χ4n) is 3.16. The van der Waals surface area contributed by atoms with Crippen molar-refractivity contribution in [2.75, 3.05) is 0 Å². The predicted octanol–water partition coefficient (Wildman–Crippen LogP) is 3.10. The Balaban J connectivity index is 0.000000245. The molecule has 0 aromatic heterocycles. The highest BCUT2D eigenvalue weighted by molar-refractivity contribution is 6.60. The van der Waals surface area contributed by atoms with Crippen molar-refractivity contribution >= 4 is 17.0 Å². The van der Waals surface area contributed by atoms with E-state index in [1.807, 2.05) is 0 Å². The van der Waals surface area contributed by atoms with Crippen LogP contribution in [0.4, 0.5) is 4.79 Å². The molecule has 0 aliphatic heterocycles. The van der Waals surface area contributed by atoms with Gasteiger partial charge in [0.15, 0.2) is 0 Å². The van der Waals surface area contributed by atoms with Gasteiger partial charge in [-0.3, -0.25) is 0 Å². The first-order valence-electron chi connectivity index (χ1n) is 5.28. The highest BCUT2D eigenvalue weighted by atomic mass is 35.5. The smallest absolute Gasteiger partial charge is 0.401 e. The summed E-state index contributed by atoms with van der Waals surface area (Å²) in [5.74, 6) is 0.780. The lowest BCUT2D eigenvalue weighted by Gasteiger charge is -2.36. The zero-order valence-electron chi connectivity index (χ0n) is 9.46. The molecular formula is C11H19ClO3. The van der Waals surface area contributed by atoms with E-state index in [9.17, 15) is 5.11 Å². The minimum Gasteiger partial charge on any atom is -0.469 e. The summed E-state index contributed by atoms with van der Waals surface area (Å²) in [5.41, 5.74) is -0.760. The molecule has 0 saturated heterocycles. The Hall–Kier alpha value is -0.280. The van der Waals surface area contributed by atoms with E-state index >= 15 is 0 Å². The molecule has 2 fully saturated rings. The van der Waals surface area contributed by atoms with Crippen LogP contribution < -0.4 is 0 Å². The first-order chi connectivity index (χ1) is 6.72. The van der Waals surface area contributed by atoms with Crippen molar-refractivity contribution in [1.82, 2.24) is 0 Å². The van der Waals surface area contributed by atoms with Crippen LogP contribution >= 0.6 is 11.6 Å². The fourth-order valence-corrected chi connectivity index (χ4v) is 3.16. The summed E-state index contributed by atoms with van der Waals surface area (Å²) >= 11 is 4.19. The van der Waals surface area contributed by atoms with Gasteiger partial charge in [-0.1, -0.05) is 20.8 Å². The first kappa shape index (κ1) is 12.8. The maximum Gasteiger partial charge on any atom is 0.401 e. The maximum absolute atomic E-state index is 9.81. The molecule has 15 heavy (non-hydrogen) atoms.